The Bertz CT molecular complexity index is 230. The molecule has 1 aromatic rings. The van der Waals surface area contributed by atoms with Crippen molar-refractivity contribution in [2.24, 2.45) is 13.0 Å². The first kappa shape index (κ1) is 9.10. The summed E-state index contributed by atoms with van der Waals surface area (Å²) in [7, 11) is 1.88. The summed E-state index contributed by atoms with van der Waals surface area (Å²) in [5.41, 5.74) is 0. The number of hydrogen-bond acceptors (Lipinski definition) is 2. The molecule has 0 bridgehead atoms. The highest BCUT2D eigenvalue weighted by Gasteiger charge is 1.97. The van der Waals surface area contributed by atoms with E-state index in [2.05, 4.69) is 18.9 Å². The third-order valence-corrected chi connectivity index (χ3v) is 1.65. The standard InChI is InChI=1S/C9H16N2O/c1-8(2)4-5-12-9-6-10-11(3)7-9/h6-8H,4-5H2,1-3H3. The van der Waals surface area contributed by atoms with Crippen molar-refractivity contribution in [1.29, 1.82) is 0 Å². The minimum atomic E-state index is 0.696. The van der Waals surface area contributed by atoms with E-state index < -0.39 is 0 Å². The van der Waals surface area contributed by atoms with Crippen molar-refractivity contribution in [3.05, 3.63) is 12.4 Å². The van der Waals surface area contributed by atoms with Crippen LogP contribution in [0.25, 0.3) is 0 Å². The molecule has 0 saturated heterocycles. The van der Waals surface area contributed by atoms with Crippen molar-refractivity contribution in [3.8, 4) is 5.75 Å². The summed E-state index contributed by atoms with van der Waals surface area (Å²) in [5.74, 6) is 1.56. The number of hydrogen-bond donors (Lipinski definition) is 0. The maximum Gasteiger partial charge on any atom is 0.157 e. The van der Waals surface area contributed by atoms with Crippen molar-refractivity contribution < 1.29 is 4.74 Å². The van der Waals surface area contributed by atoms with Crippen LogP contribution in [0, 0.1) is 5.92 Å². The Balaban J connectivity index is 2.24. The lowest BCUT2D eigenvalue weighted by atomic mass is 10.1. The van der Waals surface area contributed by atoms with Gasteiger partial charge in [0.05, 0.1) is 19.0 Å². The van der Waals surface area contributed by atoms with Gasteiger partial charge in [0, 0.05) is 7.05 Å². The molecule has 0 amide bonds. The van der Waals surface area contributed by atoms with Crippen LogP contribution in [0.3, 0.4) is 0 Å². The predicted octanol–water partition coefficient (Wildman–Crippen LogP) is 1.84. The van der Waals surface area contributed by atoms with Crippen LogP contribution >= 0.6 is 0 Å². The zero-order valence-electron chi connectivity index (χ0n) is 7.95. The maximum atomic E-state index is 5.45. The summed E-state index contributed by atoms with van der Waals surface area (Å²) in [6.45, 7) is 5.16. The fraction of sp³-hybridized carbons (Fsp3) is 0.667. The van der Waals surface area contributed by atoms with Gasteiger partial charge in [0.2, 0.25) is 0 Å². The Morgan fingerprint density at radius 2 is 2.33 bits per heavy atom. The zero-order chi connectivity index (χ0) is 8.97. The van der Waals surface area contributed by atoms with Crippen LogP contribution in [0.2, 0.25) is 0 Å². The Morgan fingerprint density at radius 3 is 2.83 bits per heavy atom. The molecular formula is C9H16N2O. The molecule has 1 heterocycles. The number of aromatic nitrogens is 2. The van der Waals surface area contributed by atoms with Gasteiger partial charge in [0.1, 0.15) is 0 Å². The van der Waals surface area contributed by atoms with Crippen LogP contribution in [0.15, 0.2) is 12.4 Å². The molecule has 0 spiro atoms. The second-order valence-corrected chi connectivity index (χ2v) is 3.38. The molecule has 0 aliphatic carbocycles. The molecule has 0 aliphatic rings. The van der Waals surface area contributed by atoms with Gasteiger partial charge in [-0.15, -0.1) is 0 Å². The fourth-order valence-electron chi connectivity index (χ4n) is 0.886. The monoisotopic (exact) mass is 168 g/mol. The zero-order valence-corrected chi connectivity index (χ0v) is 7.95. The molecule has 0 unspecified atom stereocenters. The Labute approximate surface area is 73.3 Å². The van der Waals surface area contributed by atoms with E-state index in [0.717, 1.165) is 18.8 Å². The molecule has 0 N–H and O–H groups in total. The molecule has 0 aromatic carbocycles. The lowest BCUT2D eigenvalue weighted by Crippen LogP contribution is -2.00. The number of nitrogens with zero attached hydrogens (tertiary/aromatic N) is 2. The van der Waals surface area contributed by atoms with Gasteiger partial charge < -0.3 is 4.74 Å². The summed E-state index contributed by atoms with van der Waals surface area (Å²) in [6.07, 6.45) is 4.70. The first-order chi connectivity index (χ1) is 5.68. The maximum absolute atomic E-state index is 5.45. The molecule has 0 saturated carbocycles. The van der Waals surface area contributed by atoms with Crippen molar-refractivity contribution in [3.63, 3.8) is 0 Å². The lowest BCUT2D eigenvalue weighted by Gasteiger charge is -2.04. The van der Waals surface area contributed by atoms with Gasteiger partial charge in [-0.05, 0) is 12.3 Å². The second kappa shape index (κ2) is 4.14. The van der Waals surface area contributed by atoms with E-state index in [4.69, 9.17) is 4.74 Å². The fourth-order valence-corrected chi connectivity index (χ4v) is 0.886. The first-order valence-electron chi connectivity index (χ1n) is 4.30. The van der Waals surface area contributed by atoms with Crippen molar-refractivity contribution in [1.82, 2.24) is 9.78 Å². The Morgan fingerprint density at radius 1 is 1.58 bits per heavy atom. The number of rotatable bonds is 4. The molecule has 1 rings (SSSR count). The third-order valence-electron chi connectivity index (χ3n) is 1.65. The topological polar surface area (TPSA) is 27.1 Å². The highest BCUT2D eigenvalue weighted by atomic mass is 16.5. The van der Waals surface area contributed by atoms with Gasteiger partial charge >= 0.3 is 0 Å². The molecule has 3 heteroatoms. The molecule has 0 radical (unpaired) electrons. The molecule has 0 aliphatic heterocycles. The van der Waals surface area contributed by atoms with E-state index in [1.165, 1.54) is 0 Å². The molecular weight excluding hydrogens is 152 g/mol. The van der Waals surface area contributed by atoms with E-state index in [1.54, 1.807) is 10.9 Å². The van der Waals surface area contributed by atoms with E-state index in [0.29, 0.717) is 5.92 Å². The van der Waals surface area contributed by atoms with Gasteiger partial charge in [-0.3, -0.25) is 4.68 Å². The minimum absolute atomic E-state index is 0.696. The largest absolute Gasteiger partial charge is 0.490 e. The van der Waals surface area contributed by atoms with Gasteiger partial charge in [-0.25, -0.2) is 0 Å². The average Bonchev–Trinajstić information content (AvgIpc) is 2.35. The summed E-state index contributed by atoms with van der Waals surface area (Å²) < 4.78 is 7.20. The van der Waals surface area contributed by atoms with Crippen molar-refractivity contribution in [2.75, 3.05) is 6.61 Å². The van der Waals surface area contributed by atoms with Crippen LogP contribution in [0.5, 0.6) is 5.75 Å². The molecule has 3 nitrogen and oxygen atoms in total. The van der Waals surface area contributed by atoms with Crippen LogP contribution in [-0.4, -0.2) is 16.4 Å². The molecule has 12 heavy (non-hydrogen) atoms. The SMILES string of the molecule is CC(C)CCOc1cnn(C)c1. The van der Waals surface area contributed by atoms with E-state index >= 15 is 0 Å². The van der Waals surface area contributed by atoms with E-state index in [1.807, 2.05) is 13.2 Å². The van der Waals surface area contributed by atoms with Crippen molar-refractivity contribution in [2.45, 2.75) is 20.3 Å². The summed E-state index contributed by atoms with van der Waals surface area (Å²) >= 11 is 0. The number of aryl methyl sites for hydroxylation is 1. The highest BCUT2D eigenvalue weighted by molar-refractivity contribution is 5.10. The smallest absolute Gasteiger partial charge is 0.157 e. The van der Waals surface area contributed by atoms with Crippen LogP contribution in [0.4, 0.5) is 0 Å². The molecule has 0 atom stereocenters. The Kier molecular flexibility index (Phi) is 3.14. The summed E-state index contributed by atoms with van der Waals surface area (Å²) in [6, 6.07) is 0. The van der Waals surface area contributed by atoms with Gasteiger partial charge in [0.25, 0.3) is 0 Å². The van der Waals surface area contributed by atoms with Crippen LogP contribution in [0.1, 0.15) is 20.3 Å². The van der Waals surface area contributed by atoms with Gasteiger partial charge in [0.15, 0.2) is 5.75 Å². The molecule has 0 fully saturated rings. The van der Waals surface area contributed by atoms with Crippen LogP contribution in [-0.2, 0) is 7.05 Å². The third kappa shape index (κ3) is 2.95. The predicted molar refractivity (Wildman–Crippen MR) is 48.2 cm³/mol. The van der Waals surface area contributed by atoms with E-state index in [-0.39, 0.29) is 0 Å². The second-order valence-electron chi connectivity index (χ2n) is 3.38. The lowest BCUT2D eigenvalue weighted by molar-refractivity contribution is 0.289. The van der Waals surface area contributed by atoms with Crippen molar-refractivity contribution >= 4 is 0 Å². The van der Waals surface area contributed by atoms with Gasteiger partial charge in [-0.2, -0.15) is 5.10 Å². The Hall–Kier alpha value is -0.990. The quantitative estimate of drug-likeness (QED) is 0.686. The van der Waals surface area contributed by atoms with Crippen LogP contribution < -0.4 is 4.74 Å². The van der Waals surface area contributed by atoms with E-state index in [9.17, 15) is 0 Å². The van der Waals surface area contributed by atoms with Gasteiger partial charge in [-0.1, -0.05) is 13.8 Å². The molecule has 68 valence electrons. The number of ether oxygens (including phenoxy) is 1. The summed E-state index contributed by atoms with van der Waals surface area (Å²) in [5, 5.41) is 4.01. The highest BCUT2D eigenvalue weighted by Crippen LogP contribution is 2.08. The first-order valence-corrected chi connectivity index (χ1v) is 4.30. The summed E-state index contributed by atoms with van der Waals surface area (Å²) in [4.78, 5) is 0. The average molecular weight is 168 g/mol. The minimum Gasteiger partial charge on any atom is -0.490 e. The molecule has 1 aromatic heterocycles. The normalized spacial score (nSPS) is 10.7.